The highest BCUT2D eigenvalue weighted by molar-refractivity contribution is 9.10. The maximum absolute atomic E-state index is 12.9. The molecule has 5 rings (SSSR count). The number of amides is 1. The van der Waals surface area contributed by atoms with Crippen LogP contribution in [0, 0.1) is 0 Å². The molecule has 3 aromatic rings. The number of fused-ring (bicyclic) bond motifs is 2. The summed E-state index contributed by atoms with van der Waals surface area (Å²) in [6, 6.07) is 11.3. The van der Waals surface area contributed by atoms with Crippen LogP contribution in [0.15, 0.2) is 65.0 Å². The van der Waals surface area contributed by atoms with E-state index in [1.54, 1.807) is 12.1 Å². The van der Waals surface area contributed by atoms with Gasteiger partial charge in [-0.25, -0.2) is 0 Å². The fraction of sp³-hybridized carbons (Fsp3) is 0.240. The lowest BCUT2D eigenvalue weighted by atomic mass is 9.89. The summed E-state index contributed by atoms with van der Waals surface area (Å²) < 4.78 is 7.88. The zero-order chi connectivity index (χ0) is 22.9. The Morgan fingerprint density at radius 3 is 2.73 bits per heavy atom. The number of likely N-dealkylation sites (tertiary alicyclic amines) is 1. The van der Waals surface area contributed by atoms with Crippen LogP contribution in [-0.2, 0) is 17.8 Å². The highest BCUT2D eigenvalue weighted by Crippen LogP contribution is 2.43. The molecule has 2 aromatic heterocycles. The zero-order valence-corrected chi connectivity index (χ0v) is 20.1. The average Bonchev–Trinajstić information content (AvgIpc) is 2.98. The number of carbonyl (C=O) groups excluding carboxylic acids is 1. The van der Waals surface area contributed by atoms with Gasteiger partial charge < -0.3 is 9.64 Å². The van der Waals surface area contributed by atoms with Crippen molar-refractivity contribution in [3.63, 3.8) is 0 Å². The molecule has 2 aliphatic rings. The third-order valence-corrected chi connectivity index (χ3v) is 7.31. The van der Waals surface area contributed by atoms with Gasteiger partial charge in [0.2, 0.25) is 18.3 Å². The van der Waals surface area contributed by atoms with Crippen LogP contribution >= 0.6 is 27.5 Å². The molecule has 1 aromatic carbocycles. The van der Waals surface area contributed by atoms with E-state index in [-0.39, 0.29) is 5.91 Å². The highest BCUT2D eigenvalue weighted by Gasteiger charge is 2.28. The summed E-state index contributed by atoms with van der Waals surface area (Å²) in [6.07, 6.45) is 6.72. The maximum atomic E-state index is 12.9. The van der Waals surface area contributed by atoms with Crippen molar-refractivity contribution in [2.45, 2.75) is 25.9 Å². The summed E-state index contributed by atoms with van der Waals surface area (Å²) in [6.45, 7) is 1.73. The highest BCUT2D eigenvalue weighted by atomic mass is 79.9. The number of ether oxygens (including phenoxy) is 1. The first-order chi connectivity index (χ1) is 16.0. The molecule has 33 heavy (non-hydrogen) atoms. The van der Waals surface area contributed by atoms with Gasteiger partial charge in [-0.2, -0.15) is 0 Å². The minimum atomic E-state index is 0.0902. The molecule has 0 aliphatic carbocycles. The van der Waals surface area contributed by atoms with Crippen molar-refractivity contribution in [3.8, 4) is 5.75 Å². The molecule has 8 heteroatoms. The van der Waals surface area contributed by atoms with Gasteiger partial charge in [0.25, 0.3) is 0 Å². The molecule has 168 valence electrons. The van der Waals surface area contributed by atoms with Gasteiger partial charge in [-0.05, 0) is 46.5 Å². The third kappa shape index (κ3) is 4.48. The number of nitrogens with zero attached hydrogens (tertiary/aromatic N) is 3. The average molecular weight is 528 g/mol. The minimum Gasteiger partial charge on any atom is -0.488 e. The second kappa shape index (κ2) is 9.15. The smallest absolute Gasteiger partial charge is 0.227 e. The van der Waals surface area contributed by atoms with Crippen LogP contribution < -0.4 is 9.47 Å². The van der Waals surface area contributed by atoms with Gasteiger partial charge in [0, 0.05) is 63.4 Å². The molecule has 1 saturated heterocycles. The quantitative estimate of drug-likeness (QED) is 0.391. The summed E-state index contributed by atoms with van der Waals surface area (Å²) in [5, 5.41) is 9.98. The van der Waals surface area contributed by atoms with Gasteiger partial charge in [-0.1, -0.05) is 23.2 Å². The van der Waals surface area contributed by atoms with Crippen LogP contribution in [0.25, 0.3) is 5.57 Å². The molecule has 6 nitrogen and oxygen atoms in total. The van der Waals surface area contributed by atoms with E-state index in [0.29, 0.717) is 31.1 Å². The molecule has 0 radical (unpaired) electrons. The van der Waals surface area contributed by atoms with E-state index in [2.05, 4.69) is 15.9 Å². The molecule has 0 atom stereocenters. The number of aromatic nitrogens is 2. The van der Waals surface area contributed by atoms with E-state index < -0.39 is 0 Å². The number of halogens is 2. The lowest BCUT2D eigenvalue weighted by Gasteiger charge is -2.30. The van der Waals surface area contributed by atoms with Gasteiger partial charge in [0.05, 0.1) is 17.1 Å². The first kappa shape index (κ1) is 21.9. The van der Waals surface area contributed by atoms with Crippen molar-refractivity contribution in [1.82, 2.24) is 9.88 Å². The molecular formula is C25H22BrClN3O3+. The molecule has 0 unspecified atom stereocenters. The van der Waals surface area contributed by atoms with Crippen molar-refractivity contribution >= 4 is 39.0 Å². The maximum Gasteiger partial charge on any atom is 0.227 e. The number of hydrogen-bond acceptors (Lipinski definition) is 4. The van der Waals surface area contributed by atoms with E-state index in [0.717, 1.165) is 55.8 Å². The van der Waals surface area contributed by atoms with Crippen LogP contribution in [-0.4, -0.2) is 34.1 Å². The van der Waals surface area contributed by atoms with Crippen LogP contribution in [0.5, 0.6) is 5.75 Å². The van der Waals surface area contributed by atoms with Crippen LogP contribution in [0.3, 0.4) is 0 Å². The second-order valence-electron chi connectivity index (χ2n) is 8.18. The van der Waals surface area contributed by atoms with E-state index in [4.69, 9.17) is 21.3 Å². The Labute approximate surface area is 205 Å². The molecule has 4 heterocycles. The summed E-state index contributed by atoms with van der Waals surface area (Å²) >= 11 is 9.91. The fourth-order valence-corrected chi connectivity index (χ4v) is 4.89. The normalized spacial score (nSPS) is 15.4. The van der Waals surface area contributed by atoms with Crippen molar-refractivity contribution < 1.29 is 19.5 Å². The number of hydrogen-bond donors (Lipinski definition) is 1. The number of carbonyl (C=O) groups is 1. The molecule has 2 aliphatic heterocycles. The second-order valence-corrected chi connectivity index (χ2v) is 9.45. The molecule has 1 fully saturated rings. The largest absolute Gasteiger partial charge is 0.488 e. The first-order valence-electron chi connectivity index (χ1n) is 10.8. The Morgan fingerprint density at radius 1 is 1.21 bits per heavy atom. The molecule has 0 spiro atoms. The van der Waals surface area contributed by atoms with Gasteiger partial charge >= 0.3 is 0 Å². The standard InChI is InChI=1S/C25H22BrClN3O3/c26-20-13-19-22(14-21(20)27)33-15-18-2-1-7-28-25(18)24(19)17-5-8-29(9-6-17)23(31)12-16-3-10-30(32)11-4-16/h1-4,7,10-11,13-14,32H,5-6,8-9,12,15H2/q+1. The van der Waals surface area contributed by atoms with Crippen molar-refractivity contribution in [1.29, 1.82) is 0 Å². The van der Waals surface area contributed by atoms with Crippen LogP contribution in [0.4, 0.5) is 0 Å². The van der Waals surface area contributed by atoms with Gasteiger partial charge in [0.1, 0.15) is 12.4 Å². The van der Waals surface area contributed by atoms with Crippen molar-refractivity contribution in [3.05, 3.63) is 92.4 Å². The Kier molecular flexibility index (Phi) is 6.08. The molecule has 1 amide bonds. The van der Waals surface area contributed by atoms with Gasteiger partial charge in [-0.15, -0.1) is 0 Å². The predicted molar refractivity (Wildman–Crippen MR) is 127 cm³/mol. The van der Waals surface area contributed by atoms with Gasteiger partial charge in [0.15, 0.2) is 0 Å². The Morgan fingerprint density at radius 2 is 1.97 bits per heavy atom. The Bertz CT molecular complexity index is 1250. The van der Waals surface area contributed by atoms with E-state index >= 15 is 0 Å². The van der Waals surface area contributed by atoms with Gasteiger partial charge in [-0.3, -0.25) is 15.0 Å². The zero-order valence-electron chi connectivity index (χ0n) is 17.8. The number of pyridine rings is 2. The monoisotopic (exact) mass is 526 g/mol. The Hall–Kier alpha value is -2.90. The van der Waals surface area contributed by atoms with Crippen molar-refractivity contribution in [2.24, 2.45) is 0 Å². The van der Waals surface area contributed by atoms with E-state index in [1.807, 2.05) is 35.4 Å². The summed E-state index contributed by atoms with van der Waals surface area (Å²) in [4.78, 5) is 19.5. The Balaban J connectivity index is 1.45. The fourth-order valence-electron chi connectivity index (χ4n) is 4.39. The number of rotatable bonds is 2. The topological polar surface area (TPSA) is 66.5 Å². The minimum absolute atomic E-state index is 0.0902. The lowest BCUT2D eigenvalue weighted by molar-refractivity contribution is -0.904. The van der Waals surface area contributed by atoms with E-state index in [9.17, 15) is 10.0 Å². The lowest BCUT2D eigenvalue weighted by Crippen LogP contribution is -2.37. The van der Waals surface area contributed by atoms with E-state index in [1.165, 1.54) is 18.0 Å². The molecular weight excluding hydrogens is 506 g/mol. The number of piperidine rings is 1. The molecule has 1 N–H and O–H groups in total. The summed E-state index contributed by atoms with van der Waals surface area (Å²) in [7, 11) is 0. The van der Waals surface area contributed by atoms with Crippen LogP contribution in [0.1, 0.15) is 35.2 Å². The predicted octanol–water partition coefficient (Wildman–Crippen LogP) is 4.58. The van der Waals surface area contributed by atoms with Crippen LogP contribution in [0.2, 0.25) is 5.02 Å². The molecule has 0 saturated carbocycles. The summed E-state index contributed by atoms with van der Waals surface area (Å²) in [5.74, 6) is 0.833. The van der Waals surface area contributed by atoms with Crippen molar-refractivity contribution in [2.75, 3.05) is 13.1 Å². The number of benzene rings is 1. The summed E-state index contributed by atoms with van der Waals surface area (Å²) in [5.41, 5.74) is 6.16. The SMILES string of the molecule is O=C(Cc1cc[n+](O)cc1)N1CCC(=C2c3cc(Br)c(Cl)cc3OCc3cccnc32)CC1. The molecule has 0 bridgehead atoms. The first-order valence-corrected chi connectivity index (χ1v) is 11.9. The third-order valence-electron chi connectivity index (χ3n) is 6.11.